The topological polar surface area (TPSA) is 66.8 Å². The van der Waals surface area contributed by atoms with Gasteiger partial charge in [-0.15, -0.1) is 0 Å². The van der Waals surface area contributed by atoms with Crippen molar-refractivity contribution in [2.24, 2.45) is 0 Å². The van der Waals surface area contributed by atoms with E-state index in [1.54, 1.807) is 0 Å². The van der Waals surface area contributed by atoms with Gasteiger partial charge in [0.25, 0.3) is 11.8 Å². The van der Waals surface area contributed by atoms with Gasteiger partial charge in [0.15, 0.2) is 0 Å². The number of nitrogens with zero attached hydrogens (tertiary/aromatic N) is 1. The molecule has 2 rings (SSSR count). The number of aliphatic hydroxyl groups is 1. The van der Waals surface area contributed by atoms with Crippen LogP contribution in [0.15, 0.2) is 18.2 Å². The minimum absolute atomic E-state index is 0.0225. The Morgan fingerprint density at radius 3 is 2.53 bits per heavy atom. The molecule has 0 saturated carbocycles. The average Bonchev–Trinajstić information content (AvgIpc) is 2.37. The van der Waals surface area contributed by atoms with Crippen LogP contribution in [0.25, 0.3) is 0 Å². The quantitative estimate of drug-likeness (QED) is 0.816. The van der Waals surface area contributed by atoms with E-state index in [1.807, 2.05) is 32.0 Å². The first-order valence-corrected chi connectivity index (χ1v) is 6.15. The van der Waals surface area contributed by atoms with Gasteiger partial charge in [-0.1, -0.05) is 23.8 Å². The third-order valence-corrected chi connectivity index (χ3v) is 3.20. The van der Waals surface area contributed by atoms with E-state index in [2.05, 4.69) is 0 Å². The van der Waals surface area contributed by atoms with Crippen LogP contribution in [0.4, 0.5) is 0 Å². The number of benzene rings is 1. The van der Waals surface area contributed by atoms with Crippen molar-refractivity contribution in [3.63, 3.8) is 0 Å². The Morgan fingerprint density at radius 1 is 1.26 bits per heavy atom. The highest BCUT2D eigenvalue weighted by molar-refractivity contribution is 5.98. The Labute approximate surface area is 111 Å². The summed E-state index contributed by atoms with van der Waals surface area (Å²) in [6, 6.07) is 5.74. The van der Waals surface area contributed by atoms with Crippen LogP contribution in [0.1, 0.15) is 22.8 Å². The second-order valence-electron chi connectivity index (χ2n) is 4.77. The highest BCUT2D eigenvalue weighted by atomic mass is 16.5. The zero-order valence-electron chi connectivity index (χ0n) is 11.0. The number of hydrogen-bond donors (Lipinski definition) is 1. The van der Waals surface area contributed by atoms with Crippen molar-refractivity contribution >= 4 is 11.8 Å². The van der Waals surface area contributed by atoms with Crippen LogP contribution >= 0.6 is 0 Å². The standard InChI is InChI=1S/C14H17NO4/c1-9-3-4-10(2)11(5-9)12(16)6-15-13(17)7-19-8-14(15)18/h3-5,12,16H,6-8H2,1-2H3. The van der Waals surface area contributed by atoms with Crippen molar-refractivity contribution in [3.8, 4) is 0 Å². The monoisotopic (exact) mass is 263 g/mol. The van der Waals surface area contributed by atoms with E-state index < -0.39 is 17.9 Å². The van der Waals surface area contributed by atoms with Gasteiger partial charge in [-0.3, -0.25) is 14.5 Å². The fourth-order valence-electron chi connectivity index (χ4n) is 2.11. The minimum atomic E-state index is -0.870. The maximum absolute atomic E-state index is 11.6. The maximum Gasteiger partial charge on any atom is 0.255 e. The molecule has 0 aliphatic carbocycles. The molecule has 1 atom stereocenters. The first-order valence-electron chi connectivity index (χ1n) is 6.15. The molecule has 0 radical (unpaired) electrons. The molecular formula is C14H17NO4. The summed E-state index contributed by atoms with van der Waals surface area (Å²) in [6.07, 6.45) is -0.870. The fraction of sp³-hybridized carbons (Fsp3) is 0.429. The SMILES string of the molecule is Cc1ccc(C)c(C(O)CN2C(=O)COCC2=O)c1. The van der Waals surface area contributed by atoms with E-state index in [-0.39, 0.29) is 19.8 Å². The lowest BCUT2D eigenvalue weighted by atomic mass is 10.0. The number of aliphatic hydroxyl groups excluding tert-OH is 1. The van der Waals surface area contributed by atoms with E-state index in [0.717, 1.165) is 21.6 Å². The summed E-state index contributed by atoms with van der Waals surface area (Å²) >= 11 is 0. The molecule has 1 N–H and O–H groups in total. The third-order valence-electron chi connectivity index (χ3n) is 3.20. The molecule has 1 fully saturated rings. The number of aryl methyl sites for hydroxylation is 2. The first-order chi connectivity index (χ1) is 8.99. The van der Waals surface area contributed by atoms with Crippen LogP contribution < -0.4 is 0 Å². The summed E-state index contributed by atoms with van der Waals surface area (Å²) in [6.45, 7) is 3.59. The summed E-state index contributed by atoms with van der Waals surface area (Å²) in [7, 11) is 0. The lowest BCUT2D eigenvalue weighted by Crippen LogP contribution is -2.47. The zero-order valence-corrected chi connectivity index (χ0v) is 11.0. The molecular weight excluding hydrogens is 246 g/mol. The molecule has 19 heavy (non-hydrogen) atoms. The normalized spacial score (nSPS) is 17.7. The number of ether oxygens (including phenoxy) is 1. The van der Waals surface area contributed by atoms with E-state index >= 15 is 0 Å². The van der Waals surface area contributed by atoms with Crippen LogP contribution in [-0.2, 0) is 14.3 Å². The summed E-state index contributed by atoms with van der Waals surface area (Å²) in [4.78, 5) is 24.3. The minimum Gasteiger partial charge on any atom is -0.387 e. The molecule has 0 aromatic heterocycles. The van der Waals surface area contributed by atoms with Crippen LogP contribution in [0.5, 0.6) is 0 Å². The average molecular weight is 263 g/mol. The Bertz CT molecular complexity index is 496. The predicted molar refractivity (Wildman–Crippen MR) is 68.4 cm³/mol. The zero-order chi connectivity index (χ0) is 14.0. The Morgan fingerprint density at radius 2 is 1.89 bits per heavy atom. The summed E-state index contributed by atoms with van der Waals surface area (Å²) < 4.78 is 4.83. The van der Waals surface area contributed by atoms with Gasteiger partial charge in [0, 0.05) is 0 Å². The number of amides is 2. The summed E-state index contributed by atoms with van der Waals surface area (Å²) in [5, 5.41) is 10.2. The third kappa shape index (κ3) is 3.00. The lowest BCUT2D eigenvalue weighted by molar-refractivity contribution is -0.160. The van der Waals surface area contributed by atoms with Gasteiger partial charge < -0.3 is 9.84 Å². The maximum atomic E-state index is 11.6. The number of rotatable bonds is 3. The molecule has 2 amide bonds. The Balaban J connectivity index is 2.16. The fourth-order valence-corrected chi connectivity index (χ4v) is 2.11. The molecule has 1 aliphatic heterocycles. The molecule has 0 bridgehead atoms. The predicted octanol–water partition coefficient (Wildman–Crippen LogP) is 0.722. The Hall–Kier alpha value is -1.72. The smallest absolute Gasteiger partial charge is 0.255 e. The van der Waals surface area contributed by atoms with Crippen LogP contribution in [-0.4, -0.2) is 41.6 Å². The lowest BCUT2D eigenvalue weighted by Gasteiger charge is -2.27. The molecule has 1 aromatic carbocycles. The van der Waals surface area contributed by atoms with Crippen molar-refractivity contribution in [3.05, 3.63) is 34.9 Å². The van der Waals surface area contributed by atoms with Crippen molar-refractivity contribution in [1.82, 2.24) is 4.90 Å². The molecule has 5 heteroatoms. The number of β-amino-alcohol motifs (C(OH)–C–C–N with tert-alkyl or cyclic N) is 1. The van der Waals surface area contributed by atoms with Gasteiger partial charge in [-0.25, -0.2) is 0 Å². The number of imide groups is 1. The molecule has 1 heterocycles. The van der Waals surface area contributed by atoms with E-state index in [0.29, 0.717) is 0 Å². The highest BCUT2D eigenvalue weighted by Gasteiger charge is 2.29. The van der Waals surface area contributed by atoms with Gasteiger partial charge in [-0.05, 0) is 25.0 Å². The molecule has 0 spiro atoms. The summed E-state index contributed by atoms with van der Waals surface area (Å²) in [5.74, 6) is -0.804. The molecule has 5 nitrogen and oxygen atoms in total. The van der Waals surface area contributed by atoms with Gasteiger partial charge in [0.05, 0.1) is 12.6 Å². The van der Waals surface area contributed by atoms with Gasteiger partial charge >= 0.3 is 0 Å². The van der Waals surface area contributed by atoms with Crippen molar-refractivity contribution in [2.75, 3.05) is 19.8 Å². The van der Waals surface area contributed by atoms with E-state index in [9.17, 15) is 14.7 Å². The van der Waals surface area contributed by atoms with Gasteiger partial charge in [0.2, 0.25) is 0 Å². The van der Waals surface area contributed by atoms with Gasteiger partial charge in [0.1, 0.15) is 13.2 Å². The van der Waals surface area contributed by atoms with Crippen LogP contribution in [0.2, 0.25) is 0 Å². The van der Waals surface area contributed by atoms with Crippen molar-refractivity contribution < 1.29 is 19.4 Å². The largest absolute Gasteiger partial charge is 0.387 e. The molecule has 1 aliphatic rings. The number of carbonyl (C=O) groups excluding carboxylic acids is 2. The summed E-state index contributed by atoms with van der Waals surface area (Å²) in [5.41, 5.74) is 2.71. The highest BCUT2D eigenvalue weighted by Crippen LogP contribution is 2.21. The number of hydrogen-bond acceptors (Lipinski definition) is 4. The molecule has 102 valence electrons. The first kappa shape index (κ1) is 13.7. The molecule has 1 aromatic rings. The van der Waals surface area contributed by atoms with Crippen LogP contribution in [0, 0.1) is 13.8 Å². The second-order valence-corrected chi connectivity index (χ2v) is 4.77. The number of morpholine rings is 1. The molecule has 1 unspecified atom stereocenters. The van der Waals surface area contributed by atoms with Gasteiger partial charge in [-0.2, -0.15) is 0 Å². The van der Waals surface area contributed by atoms with Crippen molar-refractivity contribution in [2.45, 2.75) is 20.0 Å². The van der Waals surface area contributed by atoms with Crippen molar-refractivity contribution in [1.29, 1.82) is 0 Å². The second kappa shape index (κ2) is 5.50. The van der Waals surface area contributed by atoms with Crippen LogP contribution in [0.3, 0.4) is 0 Å². The molecule has 1 saturated heterocycles. The van der Waals surface area contributed by atoms with E-state index in [1.165, 1.54) is 0 Å². The Kier molecular flexibility index (Phi) is 3.97. The number of carbonyl (C=O) groups is 2. The van der Waals surface area contributed by atoms with E-state index in [4.69, 9.17) is 4.74 Å².